The Bertz CT molecular complexity index is 248. The van der Waals surface area contributed by atoms with Gasteiger partial charge in [-0.3, -0.25) is 9.69 Å². The third-order valence-corrected chi connectivity index (χ3v) is 3.17. The molecule has 0 aromatic rings. The summed E-state index contributed by atoms with van der Waals surface area (Å²) in [6.45, 7) is 6.48. The van der Waals surface area contributed by atoms with Gasteiger partial charge in [0.15, 0.2) is 0 Å². The number of amides is 1. The fourth-order valence-corrected chi connectivity index (χ4v) is 2.03. The van der Waals surface area contributed by atoms with Crippen molar-refractivity contribution in [3.63, 3.8) is 0 Å². The van der Waals surface area contributed by atoms with E-state index in [1.807, 2.05) is 18.0 Å². The third-order valence-electron chi connectivity index (χ3n) is 3.17. The van der Waals surface area contributed by atoms with Crippen molar-refractivity contribution < 1.29 is 9.90 Å². The lowest BCUT2D eigenvalue weighted by Gasteiger charge is -2.31. The monoisotopic (exact) mass is 240 g/mol. The normalized spacial score (nSPS) is 17.5. The van der Waals surface area contributed by atoms with Gasteiger partial charge in [0.2, 0.25) is 5.91 Å². The van der Waals surface area contributed by atoms with Crippen LogP contribution in [0.2, 0.25) is 0 Å². The van der Waals surface area contributed by atoms with Gasteiger partial charge in [0.1, 0.15) is 0 Å². The van der Waals surface area contributed by atoms with Crippen molar-refractivity contribution in [3.8, 4) is 0 Å². The number of carbonyl (C=O) groups excluding carboxylic acids is 1. The molecular formula is C13H24N2O2. The Morgan fingerprint density at radius 1 is 1.53 bits per heavy atom. The first kappa shape index (κ1) is 14.2. The topological polar surface area (TPSA) is 43.8 Å². The molecule has 0 radical (unpaired) electrons. The van der Waals surface area contributed by atoms with Gasteiger partial charge in [-0.15, -0.1) is 6.58 Å². The van der Waals surface area contributed by atoms with Gasteiger partial charge in [0.05, 0.1) is 12.6 Å². The molecule has 1 amide bonds. The van der Waals surface area contributed by atoms with Crippen LogP contribution >= 0.6 is 0 Å². The summed E-state index contributed by atoms with van der Waals surface area (Å²) in [4.78, 5) is 15.8. The SMILES string of the molecule is C=CCCCN(C)CC(=O)N1CCC(O)CC1. The minimum atomic E-state index is -0.218. The molecule has 1 aliphatic heterocycles. The van der Waals surface area contributed by atoms with Crippen molar-refractivity contribution in [2.75, 3.05) is 33.2 Å². The first-order valence-corrected chi connectivity index (χ1v) is 6.38. The zero-order chi connectivity index (χ0) is 12.7. The number of hydrogen-bond acceptors (Lipinski definition) is 3. The number of aliphatic hydroxyl groups is 1. The van der Waals surface area contributed by atoms with Gasteiger partial charge in [-0.25, -0.2) is 0 Å². The fourth-order valence-electron chi connectivity index (χ4n) is 2.03. The number of aliphatic hydroxyl groups excluding tert-OH is 1. The summed E-state index contributed by atoms with van der Waals surface area (Å²) in [6, 6.07) is 0. The van der Waals surface area contributed by atoms with Crippen LogP contribution in [-0.2, 0) is 4.79 Å². The van der Waals surface area contributed by atoms with Crippen LogP contribution in [0.3, 0.4) is 0 Å². The van der Waals surface area contributed by atoms with Crippen LogP contribution in [0.5, 0.6) is 0 Å². The van der Waals surface area contributed by atoms with Gasteiger partial charge in [-0.2, -0.15) is 0 Å². The predicted octanol–water partition coefficient (Wildman–Crippen LogP) is 0.868. The summed E-state index contributed by atoms with van der Waals surface area (Å²) in [5, 5.41) is 9.38. The average molecular weight is 240 g/mol. The first-order chi connectivity index (χ1) is 8.13. The maximum atomic E-state index is 11.9. The highest BCUT2D eigenvalue weighted by molar-refractivity contribution is 5.78. The van der Waals surface area contributed by atoms with E-state index in [0.717, 1.165) is 19.4 Å². The van der Waals surface area contributed by atoms with Crippen LogP contribution in [0.25, 0.3) is 0 Å². The summed E-state index contributed by atoms with van der Waals surface area (Å²) >= 11 is 0. The molecule has 0 unspecified atom stereocenters. The van der Waals surface area contributed by atoms with Crippen molar-refractivity contribution in [2.24, 2.45) is 0 Å². The highest BCUT2D eigenvalue weighted by Gasteiger charge is 2.21. The van der Waals surface area contributed by atoms with Gasteiger partial charge in [-0.05, 0) is 39.3 Å². The van der Waals surface area contributed by atoms with Gasteiger partial charge < -0.3 is 10.0 Å². The first-order valence-electron chi connectivity index (χ1n) is 6.38. The average Bonchev–Trinajstić information content (AvgIpc) is 2.30. The molecule has 1 fully saturated rings. The second-order valence-corrected chi connectivity index (χ2v) is 4.78. The summed E-state index contributed by atoms with van der Waals surface area (Å²) in [7, 11) is 1.97. The number of carbonyl (C=O) groups is 1. The Morgan fingerprint density at radius 2 is 2.18 bits per heavy atom. The third kappa shape index (κ3) is 5.33. The number of likely N-dealkylation sites (tertiary alicyclic amines) is 1. The molecule has 0 saturated carbocycles. The molecule has 1 aliphatic rings. The molecule has 0 aromatic carbocycles. The number of piperidine rings is 1. The van der Waals surface area contributed by atoms with Crippen LogP contribution in [0.4, 0.5) is 0 Å². The van der Waals surface area contributed by atoms with Crippen molar-refractivity contribution in [1.29, 1.82) is 0 Å². The second-order valence-electron chi connectivity index (χ2n) is 4.78. The molecule has 4 heteroatoms. The zero-order valence-electron chi connectivity index (χ0n) is 10.8. The van der Waals surface area contributed by atoms with E-state index in [0.29, 0.717) is 32.5 Å². The Hall–Kier alpha value is -0.870. The van der Waals surface area contributed by atoms with E-state index in [4.69, 9.17) is 0 Å². The molecule has 17 heavy (non-hydrogen) atoms. The lowest BCUT2D eigenvalue weighted by atomic mass is 10.1. The van der Waals surface area contributed by atoms with E-state index < -0.39 is 0 Å². The minimum absolute atomic E-state index is 0.179. The summed E-state index contributed by atoms with van der Waals surface area (Å²) in [6.07, 6.45) is 5.16. The van der Waals surface area contributed by atoms with E-state index >= 15 is 0 Å². The second kappa shape index (κ2) is 7.45. The largest absolute Gasteiger partial charge is 0.393 e. The number of unbranched alkanes of at least 4 members (excludes halogenated alkanes) is 1. The van der Waals surface area contributed by atoms with Gasteiger partial charge >= 0.3 is 0 Å². The van der Waals surface area contributed by atoms with Crippen LogP contribution in [0.1, 0.15) is 25.7 Å². The quantitative estimate of drug-likeness (QED) is 0.553. The van der Waals surface area contributed by atoms with E-state index in [9.17, 15) is 9.90 Å². The van der Waals surface area contributed by atoms with E-state index in [-0.39, 0.29) is 12.0 Å². The van der Waals surface area contributed by atoms with Gasteiger partial charge in [-0.1, -0.05) is 6.08 Å². The van der Waals surface area contributed by atoms with Crippen LogP contribution in [0, 0.1) is 0 Å². The van der Waals surface area contributed by atoms with E-state index in [2.05, 4.69) is 11.5 Å². The maximum absolute atomic E-state index is 11.9. The minimum Gasteiger partial charge on any atom is -0.393 e. The Morgan fingerprint density at radius 3 is 2.76 bits per heavy atom. The fraction of sp³-hybridized carbons (Fsp3) is 0.769. The van der Waals surface area contributed by atoms with Crippen LogP contribution < -0.4 is 0 Å². The molecule has 4 nitrogen and oxygen atoms in total. The number of rotatable bonds is 6. The smallest absolute Gasteiger partial charge is 0.236 e. The standard InChI is InChI=1S/C13H24N2O2/c1-3-4-5-8-14(2)11-13(17)15-9-6-12(16)7-10-15/h3,12,16H,1,4-11H2,2H3. The van der Waals surface area contributed by atoms with Crippen molar-refractivity contribution in [1.82, 2.24) is 9.80 Å². The lowest BCUT2D eigenvalue weighted by molar-refractivity contribution is -0.134. The molecule has 98 valence electrons. The molecule has 0 atom stereocenters. The Balaban J connectivity index is 2.21. The molecule has 1 saturated heterocycles. The Kier molecular flexibility index (Phi) is 6.22. The molecule has 0 spiro atoms. The van der Waals surface area contributed by atoms with Gasteiger partial charge in [0, 0.05) is 13.1 Å². The highest BCUT2D eigenvalue weighted by Crippen LogP contribution is 2.10. The van der Waals surface area contributed by atoms with E-state index in [1.54, 1.807) is 0 Å². The predicted molar refractivity (Wildman–Crippen MR) is 68.7 cm³/mol. The number of allylic oxidation sites excluding steroid dienone is 1. The number of nitrogens with zero attached hydrogens (tertiary/aromatic N) is 2. The molecule has 0 bridgehead atoms. The molecule has 1 heterocycles. The Labute approximate surface area is 104 Å². The van der Waals surface area contributed by atoms with Crippen molar-refractivity contribution in [3.05, 3.63) is 12.7 Å². The number of likely N-dealkylation sites (N-methyl/N-ethyl adjacent to an activating group) is 1. The lowest BCUT2D eigenvalue weighted by Crippen LogP contribution is -2.44. The molecule has 1 N–H and O–H groups in total. The molecular weight excluding hydrogens is 216 g/mol. The molecule has 0 aliphatic carbocycles. The van der Waals surface area contributed by atoms with Crippen molar-refractivity contribution in [2.45, 2.75) is 31.8 Å². The molecule has 1 rings (SSSR count). The van der Waals surface area contributed by atoms with Crippen molar-refractivity contribution >= 4 is 5.91 Å². The number of hydrogen-bond donors (Lipinski definition) is 1. The van der Waals surface area contributed by atoms with Gasteiger partial charge in [0.25, 0.3) is 0 Å². The van der Waals surface area contributed by atoms with Crippen LogP contribution in [0.15, 0.2) is 12.7 Å². The summed E-state index contributed by atoms with van der Waals surface area (Å²) < 4.78 is 0. The zero-order valence-corrected chi connectivity index (χ0v) is 10.8. The maximum Gasteiger partial charge on any atom is 0.236 e. The molecule has 0 aromatic heterocycles. The summed E-state index contributed by atoms with van der Waals surface area (Å²) in [5.41, 5.74) is 0. The van der Waals surface area contributed by atoms with Crippen LogP contribution in [-0.4, -0.2) is 60.1 Å². The highest BCUT2D eigenvalue weighted by atomic mass is 16.3. The van der Waals surface area contributed by atoms with E-state index in [1.165, 1.54) is 0 Å². The summed E-state index contributed by atoms with van der Waals surface area (Å²) in [5.74, 6) is 0.179.